The summed E-state index contributed by atoms with van der Waals surface area (Å²) in [6.45, 7) is 2.70. The first-order valence-electron chi connectivity index (χ1n) is 8.99. The molecule has 0 bridgehead atoms. The second-order valence-electron chi connectivity index (χ2n) is 6.44. The fraction of sp³-hybridized carbons (Fsp3) is 0.250. The molecule has 2 aromatic carbocycles. The van der Waals surface area contributed by atoms with Crippen molar-refractivity contribution in [2.45, 2.75) is 13.0 Å². The number of hydrogen-bond donors (Lipinski definition) is 2. The van der Waals surface area contributed by atoms with Crippen molar-refractivity contribution in [3.8, 4) is 28.6 Å². The average molecular weight is 412 g/mol. The number of nitrogens with one attached hydrogen (secondary N) is 1. The van der Waals surface area contributed by atoms with E-state index in [1.807, 2.05) is 36.4 Å². The molecule has 0 saturated heterocycles. The highest BCUT2D eigenvalue weighted by molar-refractivity contribution is 7.80. The van der Waals surface area contributed by atoms with Crippen LogP contribution in [0.25, 0.3) is 11.4 Å². The maximum Gasteiger partial charge on any atom is 0.223 e. The highest BCUT2D eigenvalue weighted by Crippen LogP contribution is 2.42. The highest BCUT2D eigenvalue weighted by atomic mass is 32.1. The van der Waals surface area contributed by atoms with Gasteiger partial charge in [0.1, 0.15) is 24.2 Å². The fourth-order valence-corrected chi connectivity index (χ4v) is 3.27. The predicted octanol–water partition coefficient (Wildman–Crippen LogP) is 3.26. The summed E-state index contributed by atoms with van der Waals surface area (Å²) in [5.41, 5.74) is 8.53. The van der Waals surface area contributed by atoms with Crippen LogP contribution in [0.1, 0.15) is 17.5 Å². The van der Waals surface area contributed by atoms with Crippen LogP contribution in [0.4, 0.5) is 5.69 Å². The van der Waals surface area contributed by atoms with Crippen LogP contribution in [0.2, 0.25) is 0 Å². The lowest BCUT2D eigenvalue weighted by atomic mass is 10.0. The Kier molecular flexibility index (Phi) is 5.22. The Hall–Kier alpha value is -3.33. The number of methoxy groups -OCH3 is 1. The molecule has 2 heterocycles. The zero-order valence-corrected chi connectivity index (χ0v) is 16.8. The van der Waals surface area contributed by atoms with Gasteiger partial charge in [-0.1, -0.05) is 17.4 Å². The Morgan fingerprint density at radius 2 is 1.97 bits per heavy atom. The van der Waals surface area contributed by atoms with E-state index >= 15 is 0 Å². The van der Waals surface area contributed by atoms with E-state index in [-0.39, 0.29) is 0 Å². The van der Waals surface area contributed by atoms with Gasteiger partial charge in [-0.05, 0) is 42.0 Å². The molecule has 1 atom stereocenters. The van der Waals surface area contributed by atoms with Gasteiger partial charge in [0.2, 0.25) is 17.5 Å². The molecule has 1 aromatic heterocycles. The lowest BCUT2D eigenvalue weighted by Crippen LogP contribution is -2.26. The van der Waals surface area contributed by atoms with Gasteiger partial charge in [-0.2, -0.15) is 4.98 Å². The van der Waals surface area contributed by atoms with Gasteiger partial charge in [0.15, 0.2) is 11.5 Å². The molecule has 3 aromatic rings. The minimum atomic E-state index is -0.423. The number of nitrogens with zero attached hydrogens (tertiary/aromatic N) is 2. The Morgan fingerprint density at radius 3 is 2.62 bits per heavy atom. The number of benzene rings is 2. The van der Waals surface area contributed by atoms with E-state index < -0.39 is 6.04 Å². The second-order valence-corrected chi connectivity index (χ2v) is 6.91. The number of nitrogens with two attached hydrogens (primary N) is 1. The maximum atomic E-state index is 6.03. The van der Waals surface area contributed by atoms with E-state index in [4.69, 9.17) is 36.7 Å². The van der Waals surface area contributed by atoms with Crippen LogP contribution < -0.4 is 25.3 Å². The third-order valence-corrected chi connectivity index (χ3v) is 4.69. The average Bonchev–Trinajstić information content (AvgIpc) is 3.17. The van der Waals surface area contributed by atoms with Crippen LogP contribution in [-0.4, -0.2) is 35.5 Å². The van der Waals surface area contributed by atoms with Crippen molar-refractivity contribution in [2.24, 2.45) is 5.73 Å². The van der Waals surface area contributed by atoms with E-state index in [0.29, 0.717) is 47.2 Å². The summed E-state index contributed by atoms with van der Waals surface area (Å²) in [6.07, 6.45) is 0. The molecule has 3 N–H and O–H groups in total. The standard InChI is InChI=1S/C20H20N4O4S/c1-11-22-20(24-28-11)12-3-5-14(6-4-12)23-17(19(21)29)13-9-15(25-2)18-16(10-13)26-7-8-27-18/h3-6,9-10,17,23H,7-8H2,1-2H3,(H2,21,29). The lowest BCUT2D eigenvalue weighted by molar-refractivity contribution is 0.165. The van der Waals surface area contributed by atoms with Crippen LogP contribution >= 0.6 is 12.2 Å². The number of ether oxygens (including phenoxy) is 3. The van der Waals surface area contributed by atoms with Gasteiger partial charge in [0.05, 0.1) is 7.11 Å². The summed E-state index contributed by atoms with van der Waals surface area (Å²) in [5, 5.41) is 7.28. The Labute approximate surface area is 173 Å². The van der Waals surface area contributed by atoms with E-state index in [1.165, 1.54) is 0 Å². The molecule has 150 valence electrons. The van der Waals surface area contributed by atoms with Crippen molar-refractivity contribution in [1.82, 2.24) is 10.1 Å². The molecule has 0 spiro atoms. The predicted molar refractivity (Wildman–Crippen MR) is 112 cm³/mol. The molecule has 1 aliphatic heterocycles. The molecule has 0 radical (unpaired) electrons. The molecule has 0 fully saturated rings. The summed E-state index contributed by atoms with van der Waals surface area (Å²) in [6, 6.07) is 10.9. The molecule has 1 aliphatic rings. The number of aromatic nitrogens is 2. The van der Waals surface area contributed by atoms with E-state index in [2.05, 4.69) is 15.5 Å². The normalized spacial score (nSPS) is 13.6. The van der Waals surface area contributed by atoms with Crippen molar-refractivity contribution in [3.63, 3.8) is 0 Å². The van der Waals surface area contributed by atoms with E-state index in [1.54, 1.807) is 14.0 Å². The van der Waals surface area contributed by atoms with Crippen molar-refractivity contribution in [3.05, 3.63) is 47.9 Å². The number of rotatable bonds is 6. The zero-order valence-electron chi connectivity index (χ0n) is 16.0. The topological polar surface area (TPSA) is 105 Å². The Bertz CT molecular complexity index is 1020. The van der Waals surface area contributed by atoms with Gasteiger partial charge in [-0.15, -0.1) is 0 Å². The van der Waals surface area contributed by atoms with E-state index in [9.17, 15) is 0 Å². The summed E-state index contributed by atoms with van der Waals surface area (Å²) >= 11 is 5.31. The first-order valence-corrected chi connectivity index (χ1v) is 9.40. The molecule has 8 nitrogen and oxygen atoms in total. The lowest BCUT2D eigenvalue weighted by Gasteiger charge is -2.25. The monoisotopic (exact) mass is 412 g/mol. The van der Waals surface area contributed by atoms with Gasteiger partial charge < -0.3 is 29.8 Å². The Balaban J connectivity index is 1.61. The molecule has 0 amide bonds. The maximum absolute atomic E-state index is 6.03. The SMILES string of the molecule is COc1cc(C(Nc2ccc(-c3noc(C)n3)cc2)C(N)=S)cc2c1OCCO2. The molecule has 9 heteroatoms. The van der Waals surface area contributed by atoms with E-state index in [0.717, 1.165) is 16.8 Å². The smallest absolute Gasteiger partial charge is 0.223 e. The van der Waals surface area contributed by atoms with Gasteiger partial charge in [-0.3, -0.25) is 0 Å². The highest BCUT2D eigenvalue weighted by Gasteiger charge is 2.23. The molecule has 1 unspecified atom stereocenters. The number of thiocarbonyl (C=S) groups is 1. The number of fused-ring (bicyclic) bond motifs is 1. The van der Waals surface area contributed by atoms with Crippen molar-refractivity contribution in [2.75, 3.05) is 25.6 Å². The fourth-order valence-electron chi connectivity index (χ4n) is 3.08. The van der Waals surface area contributed by atoms with Crippen LogP contribution in [0.5, 0.6) is 17.2 Å². The molecule has 29 heavy (non-hydrogen) atoms. The summed E-state index contributed by atoms with van der Waals surface area (Å²) in [5.74, 6) is 2.82. The molecule has 4 rings (SSSR count). The van der Waals surface area contributed by atoms with Gasteiger partial charge in [-0.25, -0.2) is 0 Å². The van der Waals surface area contributed by atoms with Crippen molar-refractivity contribution >= 4 is 22.9 Å². The number of hydrogen-bond acceptors (Lipinski definition) is 8. The molecule has 0 saturated carbocycles. The largest absolute Gasteiger partial charge is 0.493 e. The Morgan fingerprint density at radius 1 is 1.21 bits per heavy atom. The van der Waals surface area contributed by atoms with Crippen molar-refractivity contribution < 1.29 is 18.7 Å². The van der Waals surface area contributed by atoms with Crippen molar-refractivity contribution in [1.29, 1.82) is 0 Å². The minimum Gasteiger partial charge on any atom is -0.493 e. The second kappa shape index (κ2) is 7.96. The van der Waals surface area contributed by atoms with Crippen LogP contribution in [0.3, 0.4) is 0 Å². The van der Waals surface area contributed by atoms with Gasteiger partial charge in [0.25, 0.3) is 0 Å². The first-order chi connectivity index (χ1) is 14.0. The van der Waals surface area contributed by atoms with Crippen LogP contribution in [0.15, 0.2) is 40.9 Å². The summed E-state index contributed by atoms with van der Waals surface area (Å²) in [7, 11) is 1.58. The molecule has 0 aliphatic carbocycles. The van der Waals surface area contributed by atoms with Crippen LogP contribution in [0, 0.1) is 6.92 Å². The number of aryl methyl sites for hydroxylation is 1. The zero-order chi connectivity index (χ0) is 20.4. The molecular weight excluding hydrogens is 392 g/mol. The third kappa shape index (κ3) is 3.95. The van der Waals surface area contributed by atoms with Gasteiger partial charge >= 0.3 is 0 Å². The quantitative estimate of drug-likeness (QED) is 0.590. The van der Waals surface area contributed by atoms with Gasteiger partial charge in [0, 0.05) is 18.2 Å². The van der Waals surface area contributed by atoms with Crippen LogP contribution in [-0.2, 0) is 0 Å². The molecular formula is C20H20N4O4S. The first kappa shape index (κ1) is 19.0. The summed E-state index contributed by atoms with van der Waals surface area (Å²) < 4.78 is 21.9. The summed E-state index contributed by atoms with van der Waals surface area (Å²) in [4.78, 5) is 4.52. The minimum absolute atomic E-state index is 0.293. The third-order valence-electron chi connectivity index (χ3n) is 4.45. The number of anilines is 1.